The first kappa shape index (κ1) is 9.60. The van der Waals surface area contributed by atoms with Gasteiger partial charge in [-0.05, 0) is 11.6 Å². The van der Waals surface area contributed by atoms with Gasteiger partial charge in [0.05, 0.1) is 5.92 Å². The Hall–Kier alpha value is -1.95. The summed E-state index contributed by atoms with van der Waals surface area (Å²) in [6.07, 6.45) is 2.71. The van der Waals surface area contributed by atoms with Crippen LogP contribution in [0.5, 0.6) is 0 Å². The highest BCUT2D eigenvalue weighted by molar-refractivity contribution is 5.78. The van der Waals surface area contributed by atoms with Crippen LogP contribution in [-0.4, -0.2) is 27.6 Å². The summed E-state index contributed by atoms with van der Waals surface area (Å²) in [4.78, 5) is 18.7. The number of hydrogen-bond donors (Lipinski definition) is 2. The zero-order chi connectivity index (χ0) is 10.8. The maximum absolute atomic E-state index is 10.9. The normalized spacial score (nSPS) is 12.9. The lowest BCUT2D eigenvalue weighted by Crippen LogP contribution is -2.21. The van der Waals surface area contributed by atoms with Gasteiger partial charge in [0.1, 0.15) is 5.52 Å². The van der Waals surface area contributed by atoms with Crippen LogP contribution in [0.25, 0.3) is 11.2 Å². The van der Waals surface area contributed by atoms with E-state index in [1.165, 1.54) is 12.6 Å². The summed E-state index contributed by atoms with van der Waals surface area (Å²) in [6, 6.07) is 1.62. The number of aromatic nitrogens is 2. The van der Waals surface area contributed by atoms with Crippen molar-refractivity contribution in [2.75, 3.05) is 6.54 Å². The highest BCUT2D eigenvalue weighted by atomic mass is 16.4. The first-order chi connectivity index (χ1) is 7.22. The number of nitrogens with two attached hydrogens (primary N) is 1. The summed E-state index contributed by atoms with van der Waals surface area (Å²) < 4.78 is 4.95. The van der Waals surface area contributed by atoms with Gasteiger partial charge in [-0.3, -0.25) is 4.79 Å². The number of pyridine rings is 1. The molecule has 0 radical (unpaired) electrons. The quantitative estimate of drug-likeness (QED) is 0.752. The summed E-state index contributed by atoms with van der Waals surface area (Å²) >= 11 is 0. The van der Waals surface area contributed by atoms with Gasteiger partial charge in [0.2, 0.25) is 5.71 Å². The van der Waals surface area contributed by atoms with Crippen molar-refractivity contribution in [3.05, 3.63) is 24.2 Å². The molecule has 0 amide bonds. The molecule has 15 heavy (non-hydrogen) atoms. The summed E-state index contributed by atoms with van der Waals surface area (Å²) in [5.41, 5.74) is 6.83. The molecule has 0 bridgehead atoms. The number of carboxylic acids is 1. The Morgan fingerprint density at radius 1 is 1.60 bits per heavy atom. The number of carboxylic acid groups (broad SMARTS) is 1. The van der Waals surface area contributed by atoms with Crippen LogP contribution >= 0.6 is 0 Å². The molecular weight excluding hydrogens is 198 g/mol. The molecular formula is C9H9N3O3. The van der Waals surface area contributed by atoms with E-state index in [0.717, 1.165) is 0 Å². The number of fused-ring (bicyclic) bond motifs is 1. The van der Waals surface area contributed by atoms with Gasteiger partial charge in [0.15, 0.2) is 6.39 Å². The molecule has 6 nitrogen and oxygen atoms in total. The van der Waals surface area contributed by atoms with Gasteiger partial charge < -0.3 is 15.3 Å². The van der Waals surface area contributed by atoms with Gasteiger partial charge in [-0.25, -0.2) is 9.97 Å². The largest absolute Gasteiger partial charge is 0.481 e. The van der Waals surface area contributed by atoms with Crippen molar-refractivity contribution >= 4 is 17.2 Å². The predicted molar refractivity (Wildman–Crippen MR) is 51.2 cm³/mol. The van der Waals surface area contributed by atoms with Crippen molar-refractivity contribution in [1.29, 1.82) is 0 Å². The highest BCUT2D eigenvalue weighted by Gasteiger charge is 2.19. The van der Waals surface area contributed by atoms with E-state index in [-0.39, 0.29) is 6.54 Å². The minimum atomic E-state index is -0.970. The number of aliphatic carboxylic acids is 1. The topological polar surface area (TPSA) is 102 Å². The molecule has 78 valence electrons. The lowest BCUT2D eigenvalue weighted by Gasteiger charge is -2.08. The Labute approximate surface area is 84.7 Å². The smallest absolute Gasteiger partial charge is 0.312 e. The van der Waals surface area contributed by atoms with E-state index in [4.69, 9.17) is 15.3 Å². The molecule has 0 spiro atoms. The number of hydrogen-bond acceptors (Lipinski definition) is 5. The molecule has 1 unspecified atom stereocenters. The molecule has 0 saturated heterocycles. The van der Waals surface area contributed by atoms with Crippen LogP contribution in [0.1, 0.15) is 11.5 Å². The average molecular weight is 207 g/mol. The highest BCUT2D eigenvalue weighted by Crippen LogP contribution is 2.18. The monoisotopic (exact) mass is 207 g/mol. The molecule has 2 aromatic heterocycles. The third-order valence-electron chi connectivity index (χ3n) is 2.15. The van der Waals surface area contributed by atoms with Crippen molar-refractivity contribution in [3.8, 4) is 0 Å². The fourth-order valence-corrected chi connectivity index (χ4v) is 1.34. The van der Waals surface area contributed by atoms with E-state index in [9.17, 15) is 4.79 Å². The molecule has 0 aliphatic rings. The Bertz CT molecular complexity index is 494. The summed E-state index contributed by atoms with van der Waals surface area (Å²) in [5.74, 6) is -1.72. The number of oxazole rings is 1. The molecule has 6 heteroatoms. The van der Waals surface area contributed by atoms with Gasteiger partial charge in [-0.15, -0.1) is 0 Å². The van der Waals surface area contributed by atoms with Crippen molar-refractivity contribution in [2.45, 2.75) is 5.92 Å². The summed E-state index contributed by atoms with van der Waals surface area (Å²) in [5, 5.41) is 8.90. The van der Waals surface area contributed by atoms with Gasteiger partial charge in [-0.2, -0.15) is 0 Å². The lowest BCUT2D eigenvalue weighted by atomic mass is 10.0. The van der Waals surface area contributed by atoms with Crippen LogP contribution in [0.4, 0.5) is 0 Å². The number of rotatable bonds is 3. The van der Waals surface area contributed by atoms with Crippen molar-refractivity contribution in [1.82, 2.24) is 9.97 Å². The van der Waals surface area contributed by atoms with Gasteiger partial charge in [0, 0.05) is 12.7 Å². The first-order valence-corrected chi connectivity index (χ1v) is 4.34. The van der Waals surface area contributed by atoms with Gasteiger partial charge >= 0.3 is 5.97 Å². The first-order valence-electron chi connectivity index (χ1n) is 4.34. The second-order valence-corrected chi connectivity index (χ2v) is 3.07. The molecule has 2 rings (SSSR count). The molecule has 2 aromatic rings. The molecule has 0 fully saturated rings. The fourth-order valence-electron chi connectivity index (χ4n) is 1.34. The van der Waals surface area contributed by atoms with E-state index >= 15 is 0 Å². The predicted octanol–water partition coefficient (Wildman–Crippen LogP) is 0.350. The van der Waals surface area contributed by atoms with Crippen LogP contribution in [0, 0.1) is 0 Å². The molecule has 0 saturated carbocycles. The fraction of sp³-hybridized carbons (Fsp3) is 0.222. The van der Waals surface area contributed by atoms with Crippen molar-refractivity contribution < 1.29 is 14.3 Å². The van der Waals surface area contributed by atoms with Crippen molar-refractivity contribution in [3.63, 3.8) is 0 Å². The van der Waals surface area contributed by atoms with E-state index in [0.29, 0.717) is 16.8 Å². The van der Waals surface area contributed by atoms with E-state index in [2.05, 4.69) is 9.97 Å². The maximum Gasteiger partial charge on any atom is 0.312 e. The molecule has 3 N–H and O–H groups in total. The number of carbonyl (C=O) groups is 1. The van der Waals surface area contributed by atoms with Crippen LogP contribution < -0.4 is 5.73 Å². The minimum absolute atomic E-state index is 0.0281. The third kappa shape index (κ3) is 1.66. The lowest BCUT2D eigenvalue weighted by molar-refractivity contribution is -0.138. The van der Waals surface area contributed by atoms with Gasteiger partial charge in [-0.1, -0.05) is 0 Å². The molecule has 2 heterocycles. The van der Waals surface area contributed by atoms with Crippen LogP contribution in [0.3, 0.4) is 0 Å². The SMILES string of the molecule is NCC(C(=O)O)c1cnc2ocnc2c1. The van der Waals surface area contributed by atoms with E-state index in [1.807, 2.05) is 0 Å². The zero-order valence-electron chi connectivity index (χ0n) is 7.75. The Kier molecular flexibility index (Phi) is 2.34. The molecule has 0 aliphatic heterocycles. The Morgan fingerprint density at radius 3 is 3.07 bits per heavy atom. The standard InChI is InChI=1S/C9H9N3O3/c10-2-6(9(13)14)5-1-7-8(11-3-5)15-4-12-7/h1,3-4,6H,2,10H2,(H,13,14). The van der Waals surface area contributed by atoms with Gasteiger partial charge in [0.25, 0.3) is 0 Å². The second kappa shape index (κ2) is 3.66. The van der Waals surface area contributed by atoms with E-state index in [1.54, 1.807) is 6.07 Å². The Morgan fingerprint density at radius 2 is 2.40 bits per heavy atom. The third-order valence-corrected chi connectivity index (χ3v) is 2.15. The summed E-state index contributed by atoms with van der Waals surface area (Å²) in [7, 11) is 0. The average Bonchev–Trinajstić information content (AvgIpc) is 2.65. The maximum atomic E-state index is 10.9. The second-order valence-electron chi connectivity index (χ2n) is 3.07. The molecule has 1 atom stereocenters. The Balaban J connectivity index is 2.46. The minimum Gasteiger partial charge on any atom is -0.481 e. The van der Waals surface area contributed by atoms with E-state index < -0.39 is 11.9 Å². The van der Waals surface area contributed by atoms with Crippen molar-refractivity contribution in [2.24, 2.45) is 5.73 Å². The zero-order valence-corrected chi connectivity index (χ0v) is 7.75. The summed E-state index contributed by atoms with van der Waals surface area (Å²) in [6.45, 7) is 0.0281. The van der Waals surface area contributed by atoms with Crippen LogP contribution in [-0.2, 0) is 4.79 Å². The van der Waals surface area contributed by atoms with Crippen LogP contribution in [0.2, 0.25) is 0 Å². The molecule has 0 aliphatic carbocycles. The van der Waals surface area contributed by atoms with Crippen LogP contribution in [0.15, 0.2) is 23.1 Å². The number of nitrogens with zero attached hydrogens (tertiary/aromatic N) is 2. The molecule has 0 aromatic carbocycles.